The molecule has 0 aromatic carbocycles. The number of rotatable bonds is 7. The molecule has 3 N–H and O–H groups in total. The van der Waals surface area contributed by atoms with Crippen molar-refractivity contribution in [2.24, 2.45) is 0 Å². The van der Waals surface area contributed by atoms with Gasteiger partial charge in [0.1, 0.15) is 11.8 Å². The molecule has 0 spiro atoms. The topological polar surface area (TPSA) is 83.7 Å². The molecule has 0 aliphatic rings. The lowest BCUT2D eigenvalue weighted by Gasteiger charge is -2.16. The van der Waals surface area contributed by atoms with E-state index in [0.717, 1.165) is 0 Å². The molecule has 0 fully saturated rings. The van der Waals surface area contributed by atoms with Gasteiger partial charge in [0.15, 0.2) is 0 Å². The Morgan fingerprint density at radius 3 is 3.06 bits per heavy atom. The number of methoxy groups -OCH3 is 1. The Morgan fingerprint density at radius 1 is 1.65 bits per heavy atom. The minimum atomic E-state index is -0.316. The van der Waals surface area contributed by atoms with E-state index >= 15 is 0 Å². The molecule has 0 saturated carbocycles. The molecule has 1 aromatic rings. The summed E-state index contributed by atoms with van der Waals surface area (Å²) >= 11 is 0. The number of carbonyl (C=O) groups excluding carboxylic acids is 1. The van der Waals surface area contributed by atoms with E-state index in [-0.39, 0.29) is 18.7 Å². The van der Waals surface area contributed by atoms with Crippen LogP contribution in [0.25, 0.3) is 0 Å². The molecule has 0 radical (unpaired) electrons. The van der Waals surface area contributed by atoms with E-state index in [4.69, 9.17) is 14.3 Å². The van der Waals surface area contributed by atoms with E-state index in [0.29, 0.717) is 25.3 Å². The Bertz CT molecular complexity index is 313. The van der Waals surface area contributed by atoms with Crippen LogP contribution in [0.1, 0.15) is 18.2 Å². The number of hydrogen-bond acceptors (Lipinski definition) is 4. The van der Waals surface area contributed by atoms with Crippen molar-refractivity contribution < 1.29 is 19.1 Å². The third-order valence-electron chi connectivity index (χ3n) is 2.15. The second kappa shape index (κ2) is 7.70. The molecule has 1 rings (SSSR count). The van der Waals surface area contributed by atoms with Crippen molar-refractivity contribution in [1.82, 2.24) is 10.6 Å². The van der Waals surface area contributed by atoms with E-state index in [2.05, 4.69) is 10.6 Å². The highest BCUT2D eigenvalue weighted by Gasteiger charge is 2.16. The SMILES string of the molecule is COCC(NC(=O)NCCCO)c1ccco1. The molecule has 17 heavy (non-hydrogen) atoms. The maximum atomic E-state index is 11.5. The number of amides is 2. The van der Waals surface area contributed by atoms with Gasteiger partial charge in [-0.25, -0.2) is 4.79 Å². The Kier molecular flexibility index (Phi) is 6.13. The van der Waals surface area contributed by atoms with Crippen LogP contribution in [-0.2, 0) is 4.74 Å². The van der Waals surface area contributed by atoms with Crippen LogP contribution < -0.4 is 10.6 Å². The molecule has 1 heterocycles. The first-order valence-corrected chi connectivity index (χ1v) is 5.45. The predicted octanol–water partition coefficient (Wildman–Crippen LogP) is 0.649. The smallest absolute Gasteiger partial charge is 0.315 e. The summed E-state index contributed by atoms with van der Waals surface area (Å²) in [6.45, 7) is 0.821. The van der Waals surface area contributed by atoms with E-state index in [1.165, 1.54) is 0 Å². The van der Waals surface area contributed by atoms with Crippen LogP contribution >= 0.6 is 0 Å². The fourth-order valence-corrected chi connectivity index (χ4v) is 1.34. The van der Waals surface area contributed by atoms with Gasteiger partial charge in [0.05, 0.1) is 12.9 Å². The lowest BCUT2D eigenvalue weighted by atomic mass is 10.2. The van der Waals surface area contributed by atoms with Crippen LogP contribution in [0.5, 0.6) is 0 Å². The number of furan rings is 1. The van der Waals surface area contributed by atoms with E-state index in [9.17, 15) is 4.79 Å². The van der Waals surface area contributed by atoms with Gasteiger partial charge in [-0.15, -0.1) is 0 Å². The van der Waals surface area contributed by atoms with Crippen LogP contribution in [0.2, 0.25) is 0 Å². The van der Waals surface area contributed by atoms with Gasteiger partial charge in [0, 0.05) is 20.3 Å². The lowest BCUT2D eigenvalue weighted by Crippen LogP contribution is -2.39. The number of ether oxygens (including phenoxy) is 1. The second-order valence-electron chi connectivity index (χ2n) is 3.50. The van der Waals surface area contributed by atoms with Gasteiger partial charge in [-0.05, 0) is 18.6 Å². The molecule has 0 bridgehead atoms. The van der Waals surface area contributed by atoms with Crippen LogP contribution in [0.15, 0.2) is 22.8 Å². The summed E-state index contributed by atoms with van der Waals surface area (Å²) in [5.74, 6) is 0.643. The molecular weight excluding hydrogens is 224 g/mol. The molecule has 6 nitrogen and oxygen atoms in total. The largest absolute Gasteiger partial charge is 0.467 e. The summed E-state index contributed by atoms with van der Waals surface area (Å²) in [6.07, 6.45) is 2.08. The zero-order chi connectivity index (χ0) is 12.5. The molecule has 0 aliphatic heterocycles. The van der Waals surface area contributed by atoms with E-state index < -0.39 is 0 Å². The highest BCUT2D eigenvalue weighted by molar-refractivity contribution is 5.74. The molecule has 0 saturated heterocycles. The van der Waals surface area contributed by atoms with Crippen LogP contribution in [0.3, 0.4) is 0 Å². The summed E-state index contributed by atoms with van der Waals surface area (Å²) in [6, 6.07) is 2.90. The van der Waals surface area contributed by atoms with Crippen molar-refractivity contribution in [1.29, 1.82) is 0 Å². The van der Waals surface area contributed by atoms with Gasteiger partial charge < -0.3 is 24.9 Å². The van der Waals surface area contributed by atoms with Gasteiger partial charge in [-0.2, -0.15) is 0 Å². The Hall–Kier alpha value is -1.53. The fourth-order valence-electron chi connectivity index (χ4n) is 1.34. The average molecular weight is 242 g/mol. The monoisotopic (exact) mass is 242 g/mol. The fraction of sp³-hybridized carbons (Fsp3) is 0.545. The Labute approximate surface area is 99.9 Å². The number of aliphatic hydroxyl groups is 1. The highest BCUT2D eigenvalue weighted by atomic mass is 16.5. The summed E-state index contributed by atoms with van der Waals surface area (Å²) in [7, 11) is 1.56. The summed E-state index contributed by atoms with van der Waals surface area (Å²) in [5, 5.41) is 13.9. The van der Waals surface area contributed by atoms with Crippen molar-refractivity contribution >= 4 is 6.03 Å². The number of hydrogen-bond donors (Lipinski definition) is 3. The molecule has 1 unspecified atom stereocenters. The molecule has 1 aromatic heterocycles. The van der Waals surface area contributed by atoms with E-state index in [1.54, 1.807) is 25.5 Å². The zero-order valence-corrected chi connectivity index (χ0v) is 9.81. The third-order valence-corrected chi connectivity index (χ3v) is 2.15. The maximum Gasteiger partial charge on any atom is 0.315 e. The summed E-state index contributed by atoms with van der Waals surface area (Å²) in [5.41, 5.74) is 0. The van der Waals surface area contributed by atoms with Crippen LogP contribution in [0, 0.1) is 0 Å². The molecule has 2 amide bonds. The average Bonchev–Trinajstić information content (AvgIpc) is 2.82. The Morgan fingerprint density at radius 2 is 2.47 bits per heavy atom. The third kappa shape index (κ3) is 4.88. The van der Waals surface area contributed by atoms with Crippen LogP contribution in [0.4, 0.5) is 4.79 Å². The predicted molar refractivity (Wildman–Crippen MR) is 61.6 cm³/mol. The summed E-state index contributed by atoms with van der Waals surface area (Å²) in [4.78, 5) is 11.5. The number of carbonyl (C=O) groups is 1. The van der Waals surface area contributed by atoms with Crippen molar-refractivity contribution in [2.45, 2.75) is 12.5 Å². The molecule has 6 heteroatoms. The van der Waals surface area contributed by atoms with Gasteiger partial charge in [0.25, 0.3) is 0 Å². The second-order valence-corrected chi connectivity index (χ2v) is 3.50. The van der Waals surface area contributed by atoms with Gasteiger partial charge in [0.2, 0.25) is 0 Å². The lowest BCUT2D eigenvalue weighted by molar-refractivity contribution is 0.157. The number of nitrogens with one attached hydrogen (secondary N) is 2. The maximum absolute atomic E-state index is 11.5. The first kappa shape index (κ1) is 13.5. The van der Waals surface area contributed by atoms with Gasteiger partial charge >= 0.3 is 6.03 Å². The van der Waals surface area contributed by atoms with Crippen molar-refractivity contribution in [3.05, 3.63) is 24.2 Å². The molecular formula is C11H18N2O4. The number of urea groups is 1. The minimum absolute atomic E-state index is 0.0555. The summed E-state index contributed by atoms with van der Waals surface area (Å²) < 4.78 is 10.2. The Balaban J connectivity index is 2.41. The normalized spacial score (nSPS) is 12.1. The quantitative estimate of drug-likeness (QED) is 0.613. The van der Waals surface area contributed by atoms with Gasteiger partial charge in [-0.3, -0.25) is 0 Å². The van der Waals surface area contributed by atoms with E-state index in [1.807, 2.05) is 0 Å². The van der Waals surface area contributed by atoms with Crippen molar-refractivity contribution in [2.75, 3.05) is 26.9 Å². The molecule has 96 valence electrons. The molecule has 0 aliphatic carbocycles. The van der Waals surface area contributed by atoms with Crippen LogP contribution in [-0.4, -0.2) is 38.0 Å². The van der Waals surface area contributed by atoms with Crippen molar-refractivity contribution in [3.8, 4) is 0 Å². The minimum Gasteiger partial charge on any atom is -0.467 e. The standard InChI is InChI=1S/C11H18N2O4/c1-16-8-9(10-4-2-7-17-10)13-11(15)12-5-3-6-14/h2,4,7,9,14H,3,5-6,8H2,1H3,(H2,12,13,15). The zero-order valence-electron chi connectivity index (χ0n) is 9.81. The first-order valence-electron chi connectivity index (χ1n) is 5.45. The highest BCUT2D eigenvalue weighted by Crippen LogP contribution is 2.13. The van der Waals surface area contributed by atoms with Gasteiger partial charge in [-0.1, -0.05) is 0 Å². The van der Waals surface area contributed by atoms with Crippen molar-refractivity contribution in [3.63, 3.8) is 0 Å². The molecule has 1 atom stereocenters. The number of aliphatic hydroxyl groups excluding tert-OH is 1. The first-order chi connectivity index (χ1) is 8.27.